The van der Waals surface area contributed by atoms with Crippen LogP contribution in [-0.2, 0) is 16.4 Å². The first-order valence-corrected chi connectivity index (χ1v) is 8.32. The molecule has 0 aromatic heterocycles. The highest BCUT2D eigenvalue weighted by Crippen LogP contribution is 2.14. The van der Waals surface area contributed by atoms with E-state index in [4.69, 9.17) is 0 Å². The smallest absolute Gasteiger partial charge is 0.564 e. The Bertz CT molecular complexity index is 572. The number of hydrogen-bond acceptors (Lipinski definition) is 4. The molecule has 0 saturated carbocycles. The Morgan fingerprint density at radius 1 is 1.19 bits per heavy atom. The fourth-order valence-corrected chi connectivity index (χ4v) is 2.55. The number of aryl methyl sites for hydroxylation is 1. The molecule has 1 radical (unpaired) electrons. The Hall–Kier alpha value is -1.53. The van der Waals surface area contributed by atoms with Gasteiger partial charge in [-0.25, -0.2) is 8.42 Å². The quantitative estimate of drug-likeness (QED) is 0.660. The van der Waals surface area contributed by atoms with E-state index in [0.717, 1.165) is 25.6 Å². The maximum atomic E-state index is 11.1. The summed E-state index contributed by atoms with van der Waals surface area (Å²) < 4.78 is 24.6. The molecule has 5 nitrogen and oxygen atoms in total. The van der Waals surface area contributed by atoms with Crippen molar-refractivity contribution in [3.05, 3.63) is 48.9 Å². The standard InChI is InChI=1S/C14H19N3O2S.ClH/c1-16-10-11-17(12-16)9-3-4-13-5-7-14(8-6-13)15-20(2,18)19;/h5-8,10-11,15H,3-4,9H2,1-2H3;1H/q+1;/p-1. The third-order valence-electron chi connectivity index (χ3n) is 2.88. The van der Waals surface area contributed by atoms with Gasteiger partial charge in [-0.1, -0.05) is 12.1 Å². The molecule has 0 spiro atoms. The summed E-state index contributed by atoms with van der Waals surface area (Å²) >= 11 is 0. The van der Waals surface area contributed by atoms with E-state index < -0.39 is 10.0 Å². The molecule has 0 unspecified atom stereocenters. The van der Waals surface area contributed by atoms with Gasteiger partial charge in [0.1, 0.15) is 0 Å². The van der Waals surface area contributed by atoms with Crippen LogP contribution < -0.4 is 17.1 Å². The molecular formula is C14H19ClN3O2S. The zero-order valence-electron chi connectivity index (χ0n) is 12.1. The molecule has 0 amide bonds. The van der Waals surface area contributed by atoms with Crippen LogP contribution in [0.3, 0.4) is 0 Å². The van der Waals surface area contributed by atoms with E-state index in [9.17, 15) is 8.42 Å². The summed E-state index contributed by atoms with van der Waals surface area (Å²) in [5.41, 5.74) is 1.79. The molecule has 21 heavy (non-hydrogen) atoms. The third kappa shape index (κ3) is 6.18. The number of nitrogens with zero attached hydrogens (tertiary/aromatic N) is 2. The van der Waals surface area contributed by atoms with Crippen molar-refractivity contribution in [1.82, 2.24) is 9.80 Å². The fourth-order valence-electron chi connectivity index (χ4n) is 1.98. The predicted molar refractivity (Wildman–Crippen MR) is 80.1 cm³/mol. The zero-order chi connectivity index (χ0) is 14.6. The Morgan fingerprint density at radius 3 is 2.38 bits per heavy atom. The number of hydrogen-bond donors (Lipinski definition) is 1. The summed E-state index contributed by atoms with van der Waals surface area (Å²) in [5.74, 6) is 0. The van der Waals surface area contributed by atoms with Gasteiger partial charge >= 0.3 is 6.67 Å². The van der Waals surface area contributed by atoms with Crippen molar-refractivity contribution in [3.63, 3.8) is 0 Å². The van der Waals surface area contributed by atoms with Crippen LogP contribution in [0.4, 0.5) is 5.69 Å². The molecule has 0 aliphatic carbocycles. The first-order chi connectivity index (χ1) is 9.42. The Morgan fingerprint density at radius 2 is 1.86 bits per heavy atom. The molecule has 7 heteroatoms. The normalized spacial score (nSPS) is 13.8. The topological polar surface area (TPSA) is 52.6 Å². The molecular weight excluding hydrogens is 310 g/mol. The second-order valence-corrected chi connectivity index (χ2v) is 6.63. The lowest BCUT2D eigenvalue weighted by molar-refractivity contribution is -0.00000665. The average molecular weight is 329 g/mol. The highest BCUT2D eigenvalue weighted by Gasteiger charge is 2.26. The first kappa shape index (κ1) is 17.5. The lowest BCUT2D eigenvalue weighted by Gasteiger charge is -2.06. The summed E-state index contributed by atoms with van der Waals surface area (Å²) in [7, 11) is -1.25. The van der Waals surface area contributed by atoms with E-state index in [2.05, 4.69) is 11.4 Å². The van der Waals surface area contributed by atoms with Gasteiger partial charge in [-0.3, -0.25) is 4.72 Å². The van der Waals surface area contributed by atoms with Gasteiger partial charge in [0.15, 0.2) is 0 Å². The number of nitrogens with one attached hydrogen (secondary N) is 1. The lowest BCUT2D eigenvalue weighted by Crippen LogP contribution is -3.00. The zero-order valence-corrected chi connectivity index (χ0v) is 13.7. The van der Waals surface area contributed by atoms with Gasteiger partial charge in [-0.05, 0) is 30.5 Å². The van der Waals surface area contributed by atoms with Gasteiger partial charge < -0.3 is 12.4 Å². The van der Waals surface area contributed by atoms with E-state index in [1.165, 1.54) is 5.56 Å². The predicted octanol–water partition coefficient (Wildman–Crippen LogP) is -1.29. The lowest BCUT2D eigenvalue weighted by atomic mass is 10.1. The molecule has 1 aromatic rings. The Labute approximate surface area is 133 Å². The van der Waals surface area contributed by atoms with Crippen LogP contribution in [0.1, 0.15) is 12.0 Å². The molecule has 1 aromatic carbocycles. The number of halogens is 1. The SMILES string of the molecule is CN1[C+]N(CCCc2ccc(NS(C)(=O)=O)cc2)C=C1.[Cl-]. The van der Waals surface area contributed by atoms with Gasteiger partial charge in [-0.15, -0.1) is 9.80 Å². The van der Waals surface area contributed by atoms with Gasteiger partial charge in [0.05, 0.1) is 32.2 Å². The van der Waals surface area contributed by atoms with Crippen molar-refractivity contribution in [1.29, 1.82) is 0 Å². The van der Waals surface area contributed by atoms with Crippen LogP contribution in [0.25, 0.3) is 0 Å². The first-order valence-electron chi connectivity index (χ1n) is 6.43. The number of rotatable bonds is 6. The summed E-state index contributed by atoms with van der Waals surface area (Å²) in [6, 6.07) is 7.48. The van der Waals surface area contributed by atoms with E-state index in [1.807, 2.05) is 41.4 Å². The molecule has 1 heterocycles. The maximum absolute atomic E-state index is 11.1. The molecule has 1 N–H and O–H groups in total. The molecule has 0 atom stereocenters. The summed E-state index contributed by atoms with van der Waals surface area (Å²) in [4.78, 5) is 3.92. The van der Waals surface area contributed by atoms with Crippen molar-refractivity contribution in [3.8, 4) is 0 Å². The fraction of sp³-hybridized carbons (Fsp3) is 0.357. The van der Waals surface area contributed by atoms with Gasteiger partial charge in [0.2, 0.25) is 10.0 Å². The molecule has 0 fully saturated rings. The number of benzene rings is 1. The van der Waals surface area contributed by atoms with Crippen LogP contribution in [0.2, 0.25) is 0 Å². The molecule has 0 bridgehead atoms. The van der Waals surface area contributed by atoms with Crippen LogP contribution in [0.5, 0.6) is 0 Å². The van der Waals surface area contributed by atoms with Crippen molar-refractivity contribution < 1.29 is 20.8 Å². The number of anilines is 1. The minimum atomic E-state index is -3.20. The second kappa shape index (κ2) is 7.47. The molecule has 115 valence electrons. The van der Waals surface area contributed by atoms with Gasteiger partial charge in [0.25, 0.3) is 0 Å². The van der Waals surface area contributed by atoms with Crippen molar-refractivity contribution in [2.75, 3.05) is 24.6 Å². The average Bonchev–Trinajstić information content (AvgIpc) is 2.75. The van der Waals surface area contributed by atoms with E-state index in [1.54, 1.807) is 12.1 Å². The van der Waals surface area contributed by atoms with E-state index in [-0.39, 0.29) is 12.4 Å². The summed E-state index contributed by atoms with van der Waals surface area (Å²) in [5, 5.41) is 0. The largest absolute Gasteiger partial charge is 1.00 e. The molecule has 0 saturated heterocycles. The third-order valence-corrected chi connectivity index (χ3v) is 3.48. The highest BCUT2D eigenvalue weighted by molar-refractivity contribution is 7.92. The Balaban J connectivity index is 0.00000220. The second-order valence-electron chi connectivity index (χ2n) is 4.88. The van der Waals surface area contributed by atoms with E-state index in [0.29, 0.717) is 5.69 Å². The minimum Gasteiger partial charge on any atom is -1.00 e. The highest BCUT2D eigenvalue weighted by atomic mass is 35.5. The van der Waals surface area contributed by atoms with Gasteiger partial charge in [-0.2, -0.15) is 0 Å². The van der Waals surface area contributed by atoms with Crippen molar-refractivity contribution >= 4 is 15.7 Å². The van der Waals surface area contributed by atoms with Gasteiger partial charge in [0, 0.05) is 5.69 Å². The summed E-state index contributed by atoms with van der Waals surface area (Å²) in [6.45, 7) is 4.07. The monoisotopic (exact) mass is 328 g/mol. The van der Waals surface area contributed by atoms with Crippen molar-refractivity contribution in [2.45, 2.75) is 12.8 Å². The van der Waals surface area contributed by atoms with Crippen LogP contribution >= 0.6 is 0 Å². The number of sulfonamides is 1. The van der Waals surface area contributed by atoms with E-state index >= 15 is 0 Å². The van der Waals surface area contributed by atoms with Crippen molar-refractivity contribution in [2.24, 2.45) is 0 Å². The van der Waals surface area contributed by atoms with Crippen LogP contribution in [-0.4, -0.2) is 38.1 Å². The molecule has 2 rings (SSSR count). The maximum Gasteiger partial charge on any atom is 0.564 e. The Kier molecular flexibility index (Phi) is 6.23. The van der Waals surface area contributed by atoms with Crippen LogP contribution in [0, 0.1) is 6.67 Å². The molecule has 1 aliphatic rings. The van der Waals surface area contributed by atoms with Crippen LogP contribution in [0.15, 0.2) is 36.7 Å². The molecule has 1 aliphatic heterocycles. The summed E-state index contributed by atoms with van der Waals surface area (Å²) in [6.07, 6.45) is 7.08. The minimum absolute atomic E-state index is 0.